The number of furan rings is 1. The van der Waals surface area contributed by atoms with Gasteiger partial charge in [0.05, 0.1) is 11.8 Å². The molecule has 0 aliphatic carbocycles. The fourth-order valence-electron chi connectivity index (χ4n) is 1.77. The molecule has 0 aliphatic heterocycles. The van der Waals surface area contributed by atoms with Crippen LogP contribution in [0.4, 0.5) is 4.39 Å². The first-order valence-electron chi connectivity index (χ1n) is 5.40. The molecule has 0 amide bonds. The number of ketones is 1. The SMILES string of the molecule is Cc1ccc(F)cc1CC(=O)c1ccoc1C. The second-order valence-electron chi connectivity index (χ2n) is 4.06. The summed E-state index contributed by atoms with van der Waals surface area (Å²) in [4.78, 5) is 12.0. The first kappa shape index (κ1) is 11.6. The first-order chi connectivity index (χ1) is 8.08. The van der Waals surface area contributed by atoms with Crippen LogP contribution in [0.1, 0.15) is 27.2 Å². The van der Waals surface area contributed by atoms with Crippen LogP contribution in [-0.2, 0) is 6.42 Å². The van der Waals surface area contributed by atoms with Crippen molar-refractivity contribution in [3.8, 4) is 0 Å². The monoisotopic (exact) mass is 232 g/mol. The normalized spacial score (nSPS) is 10.5. The molecule has 0 saturated carbocycles. The number of carbonyl (C=O) groups is 1. The minimum atomic E-state index is -0.317. The summed E-state index contributed by atoms with van der Waals surface area (Å²) >= 11 is 0. The maximum Gasteiger partial charge on any atom is 0.170 e. The smallest absolute Gasteiger partial charge is 0.170 e. The van der Waals surface area contributed by atoms with Crippen LogP contribution < -0.4 is 0 Å². The molecule has 1 aromatic heterocycles. The number of carbonyl (C=O) groups excluding carboxylic acids is 1. The number of aryl methyl sites for hydroxylation is 2. The van der Waals surface area contributed by atoms with E-state index in [1.54, 1.807) is 19.1 Å². The van der Waals surface area contributed by atoms with E-state index in [9.17, 15) is 9.18 Å². The van der Waals surface area contributed by atoms with Crippen molar-refractivity contribution in [3.05, 3.63) is 58.8 Å². The third kappa shape index (κ3) is 2.44. The summed E-state index contributed by atoms with van der Waals surface area (Å²) in [6.45, 7) is 3.61. The predicted octanol–water partition coefficient (Wildman–Crippen LogP) is 3.46. The Balaban J connectivity index is 2.24. The third-order valence-corrected chi connectivity index (χ3v) is 2.82. The summed E-state index contributed by atoms with van der Waals surface area (Å²) in [5.41, 5.74) is 2.20. The second-order valence-corrected chi connectivity index (χ2v) is 4.06. The summed E-state index contributed by atoms with van der Waals surface area (Å²) < 4.78 is 18.2. The molecule has 1 aromatic carbocycles. The fraction of sp³-hybridized carbons (Fsp3) is 0.214. The van der Waals surface area contributed by atoms with Gasteiger partial charge in [-0.05, 0) is 43.2 Å². The van der Waals surface area contributed by atoms with Gasteiger partial charge in [-0.1, -0.05) is 6.07 Å². The Bertz CT molecular complexity index is 555. The van der Waals surface area contributed by atoms with E-state index in [4.69, 9.17) is 4.42 Å². The van der Waals surface area contributed by atoms with E-state index in [0.717, 1.165) is 11.1 Å². The number of benzene rings is 1. The predicted molar refractivity (Wildman–Crippen MR) is 62.6 cm³/mol. The lowest BCUT2D eigenvalue weighted by molar-refractivity contribution is 0.0991. The van der Waals surface area contributed by atoms with E-state index in [0.29, 0.717) is 11.3 Å². The zero-order valence-electron chi connectivity index (χ0n) is 9.79. The van der Waals surface area contributed by atoms with E-state index in [1.807, 2.05) is 6.92 Å². The molecule has 2 rings (SSSR count). The van der Waals surface area contributed by atoms with E-state index in [2.05, 4.69) is 0 Å². The summed E-state index contributed by atoms with van der Waals surface area (Å²) in [5.74, 6) is 0.233. The van der Waals surface area contributed by atoms with Crippen LogP contribution in [0.2, 0.25) is 0 Å². The number of rotatable bonds is 3. The van der Waals surface area contributed by atoms with Gasteiger partial charge in [-0.15, -0.1) is 0 Å². The summed E-state index contributed by atoms with van der Waals surface area (Å²) in [7, 11) is 0. The van der Waals surface area contributed by atoms with Crippen molar-refractivity contribution >= 4 is 5.78 Å². The van der Waals surface area contributed by atoms with Gasteiger partial charge < -0.3 is 4.42 Å². The van der Waals surface area contributed by atoms with Crippen LogP contribution in [-0.4, -0.2) is 5.78 Å². The van der Waals surface area contributed by atoms with Crippen molar-refractivity contribution in [1.29, 1.82) is 0 Å². The molecule has 17 heavy (non-hydrogen) atoms. The molecule has 0 fully saturated rings. The van der Waals surface area contributed by atoms with Gasteiger partial charge in [-0.3, -0.25) is 4.79 Å². The van der Waals surface area contributed by atoms with Crippen molar-refractivity contribution in [2.45, 2.75) is 20.3 Å². The molecule has 1 heterocycles. The molecule has 0 radical (unpaired) electrons. The first-order valence-corrected chi connectivity index (χ1v) is 5.40. The molecule has 2 nitrogen and oxygen atoms in total. The van der Waals surface area contributed by atoms with Gasteiger partial charge >= 0.3 is 0 Å². The topological polar surface area (TPSA) is 30.2 Å². The molecule has 0 bridgehead atoms. The maximum absolute atomic E-state index is 13.1. The zero-order valence-corrected chi connectivity index (χ0v) is 9.79. The van der Waals surface area contributed by atoms with Crippen molar-refractivity contribution in [3.63, 3.8) is 0 Å². The van der Waals surface area contributed by atoms with Gasteiger partial charge in [0.1, 0.15) is 11.6 Å². The summed E-state index contributed by atoms with van der Waals surface area (Å²) in [5, 5.41) is 0. The van der Waals surface area contributed by atoms with Gasteiger partial charge in [0, 0.05) is 6.42 Å². The average Bonchev–Trinajstić information content (AvgIpc) is 2.70. The highest BCUT2D eigenvalue weighted by Crippen LogP contribution is 2.16. The Hall–Kier alpha value is -1.90. The Kier molecular flexibility index (Phi) is 3.09. The molecule has 0 atom stereocenters. The van der Waals surface area contributed by atoms with Gasteiger partial charge in [0.2, 0.25) is 0 Å². The van der Waals surface area contributed by atoms with Crippen LogP contribution in [0, 0.1) is 19.7 Å². The maximum atomic E-state index is 13.1. The summed E-state index contributed by atoms with van der Waals surface area (Å²) in [6, 6.07) is 6.13. The Morgan fingerprint density at radius 1 is 1.29 bits per heavy atom. The molecule has 0 spiro atoms. The quantitative estimate of drug-likeness (QED) is 0.758. The van der Waals surface area contributed by atoms with Crippen molar-refractivity contribution < 1.29 is 13.6 Å². The molecule has 0 aliphatic rings. The number of halogens is 1. The number of Topliss-reactive ketones (excluding diaryl/α,β-unsaturated/α-hetero) is 1. The highest BCUT2D eigenvalue weighted by atomic mass is 19.1. The fourth-order valence-corrected chi connectivity index (χ4v) is 1.77. The van der Waals surface area contributed by atoms with Crippen LogP contribution >= 0.6 is 0 Å². The molecule has 3 heteroatoms. The summed E-state index contributed by atoms with van der Waals surface area (Å²) in [6.07, 6.45) is 1.69. The standard InChI is InChI=1S/C14H13FO2/c1-9-3-4-12(15)7-11(9)8-14(16)13-5-6-17-10(13)2/h3-7H,8H2,1-2H3. The third-order valence-electron chi connectivity index (χ3n) is 2.82. The second kappa shape index (κ2) is 4.53. The molecule has 0 saturated heterocycles. The largest absolute Gasteiger partial charge is 0.469 e. The van der Waals surface area contributed by atoms with Gasteiger partial charge in [-0.25, -0.2) is 4.39 Å². The highest BCUT2D eigenvalue weighted by Gasteiger charge is 2.13. The minimum Gasteiger partial charge on any atom is -0.469 e. The lowest BCUT2D eigenvalue weighted by atomic mass is 10.00. The van der Waals surface area contributed by atoms with E-state index >= 15 is 0 Å². The zero-order chi connectivity index (χ0) is 12.4. The van der Waals surface area contributed by atoms with Gasteiger partial charge in [-0.2, -0.15) is 0 Å². The van der Waals surface area contributed by atoms with Crippen LogP contribution in [0.25, 0.3) is 0 Å². The highest BCUT2D eigenvalue weighted by molar-refractivity contribution is 5.98. The Morgan fingerprint density at radius 3 is 2.71 bits per heavy atom. The lowest BCUT2D eigenvalue weighted by Gasteiger charge is -2.04. The van der Waals surface area contributed by atoms with Crippen LogP contribution in [0.15, 0.2) is 34.9 Å². The Labute approximate surface area is 99.1 Å². The number of hydrogen-bond acceptors (Lipinski definition) is 2. The molecular weight excluding hydrogens is 219 g/mol. The molecular formula is C14H13FO2. The number of hydrogen-bond donors (Lipinski definition) is 0. The van der Waals surface area contributed by atoms with E-state index in [1.165, 1.54) is 18.4 Å². The molecule has 0 N–H and O–H groups in total. The minimum absolute atomic E-state index is 0.0510. The van der Waals surface area contributed by atoms with Gasteiger partial charge in [0.15, 0.2) is 5.78 Å². The molecule has 88 valence electrons. The average molecular weight is 232 g/mol. The van der Waals surface area contributed by atoms with E-state index in [-0.39, 0.29) is 18.0 Å². The van der Waals surface area contributed by atoms with E-state index < -0.39 is 0 Å². The van der Waals surface area contributed by atoms with Crippen molar-refractivity contribution in [2.24, 2.45) is 0 Å². The van der Waals surface area contributed by atoms with Gasteiger partial charge in [0.25, 0.3) is 0 Å². The lowest BCUT2D eigenvalue weighted by Crippen LogP contribution is -2.05. The van der Waals surface area contributed by atoms with Crippen LogP contribution in [0.3, 0.4) is 0 Å². The Morgan fingerprint density at radius 2 is 2.06 bits per heavy atom. The van der Waals surface area contributed by atoms with Crippen molar-refractivity contribution in [2.75, 3.05) is 0 Å². The van der Waals surface area contributed by atoms with Crippen molar-refractivity contribution in [1.82, 2.24) is 0 Å². The molecule has 2 aromatic rings. The molecule has 0 unspecified atom stereocenters. The van der Waals surface area contributed by atoms with Crippen LogP contribution in [0.5, 0.6) is 0 Å².